The zero-order chi connectivity index (χ0) is 21.8. The van der Waals surface area contributed by atoms with Gasteiger partial charge in [-0.2, -0.15) is 0 Å². The summed E-state index contributed by atoms with van der Waals surface area (Å²) in [6.07, 6.45) is 0.608. The molecule has 2 aliphatic rings. The number of aromatic nitrogens is 1. The molecule has 4 rings (SSSR count). The van der Waals surface area contributed by atoms with Crippen molar-refractivity contribution in [2.75, 3.05) is 5.32 Å². The van der Waals surface area contributed by atoms with E-state index < -0.39 is 29.4 Å². The number of pyridine rings is 1. The second-order valence-corrected chi connectivity index (χ2v) is 10.4. The molecule has 0 bridgehead atoms. The van der Waals surface area contributed by atoms with Gasteiger partial charge >= 0.3 is 5.97 Å². The summed E-state index contributed by atoms with van der Waals surface area (Å²) in [7, 11) is 0. The number of carboxylic acids is 1. The lowest BCUT2D eigenvalue weighted by molar-refractivity contribution is -0.139. The first-order valence-corrected chi connectivity index (χ1v) is 10.9. The number of carboxylic acid groups (broad SMARTS) is 1. The van der Waals surface area contributed by atoms with Crippen LogP contribution < -0.4 is 10.6 Å². The fraction of sp³-hybridized carbons (Fsp3) is 0.409. The van der Waals surface area contributed by atoms with Crippen molar-refractivity contribution in [3.63, 3.8) is 0 Å². The lowest BCUT2D eigenvalue weighted by Crippen LogP contribution is -2.49. The Labute approximate surface area is 188 Å². The van der Waals surface area contributed by atoms with Crippen molar-refractivity contribution in [3.8, 4) is 0 Å². The van der Waals surface area contributed by atoms with Crippen molar-refractivity contribution in [3.05, 3.63) is 57.3 Å². The number of nitrogens with zero attached hydrogens (tertiary/aromatic N) is 1. The summed E-state index contributed by atoms with van der Waals surface area (Å²) in [5.74, 6) is -1.92. The van der Waals surface area contributed by atoms with Crippen molar-refractivity contribution in [1.82, 2.24) is 10.3 Å². The molecule has 2 aromatic rings. The summed E-state index contributed by atoms with van der Waals surface area (Å²) in [5, 5.41) is 16.9. The average molecular weight is 493 g/mol. The highest BCUT2D eigenvalue weighted by molar-refractivity contribution is 9.10. The highest BCUT2D eigenvalue weighted by Crippen LogP contribution is 2.56. The number of carbonyl (C=O) groups is 2. The van der Waals surface area contributed by atoms with E-state index in [1.54, 1.807) is 24.3 Å². The first-order valence-electron chi connectivity index (χ1n) is 9.77. The number of benzene rings is 1. The van der Waals surface area contributed by atoms with Gasteiger partial charge in [0, 0.05) is 28.4 Å². The van der Waals surface area contributed by atoms with Crippen molar-refractivity contribution in [2.24, 2.45) is 5.41 Å². The molecule has 3 heterocycles. The lowest BCUT2D eigenvalue weighted by Gasteiger charge is -2.37. The van der Waals surface area contributed by atoms with Crippen LogP contribution in [0.15, 0.2) is 41.0 Å². The quantitative estimate of drug-likeness (QED) is 0.555. The van der Waals surface area contributed by atoms with Gasteiger partial charge in [0.15, 0.2) is 0 Å². The van der Waals surface area contributed by atoms with Gasteiger partial charge in [-0.25, -0.2) is 4.98 Å². The summed E-state index contributed by atoms with van der Waals surface area (Å²) in [6, 6.07) is 9.32. The van der Waals surface area contributed by atoms with Gasteiger partial charge in [-0.1, -0.05) is 44.5 Å². The maximum atomic E-state index is 13.7. The van der Waals surface area contributed by atoms with Crippen LogP contribution in [0.1, 0.15) is 44.4 Å². The number of anilines is 1. The first-order chi connectivity index (χ1) is 14.0. The summed E-state index contributed by atoms with van der Waals surface area (Å²) < 4.78 is 0.591. The number of carbonyl (C=O) groups excluding carboxylic acids is 1. The highest BCUT2D eigenvalue weighted by atomic mass is 79.9. The van der Waals surface area contributed by atoms with Crippen molar-refractivity contribution < 1.29 is 14.7 Å². The highest BCUT2D eigenvalue weighted by Gasteiger charge is 2.66. The zero-order valence-corrected chi connectivity index (χ0v) is 19.2. The molecule has 1 saturated heterocycles. The monoisotopic (exact) mass is 491 g/mol. The summed E-state index contributed by atoms with van der Waals surface area (Å²) in [5.41, 5.74) is 0.680. The van der Waals surface area contributed by atoms with E-state index in [0.717, 1.165) is 5.56 Å². The van der Waals surface area contributed by atoms with E-state index in [4.69, 9.17) is 11.6 Å². The van der Waals surface area contributed by atoms with E-state index in [1.807, 2.05) is 12.1 Å². The molecule has 1 aromatic carbocycles. The van der Waals surface area contributed by atoms with Gasteiger partial charge in [0.25, 0.3) is 0 Å². The van der Waals surface area contributed by atoms with Gasteiger partial charge < -0.3 is 10.4 Å². The van der Waals surface area contributed by atoms with Gasteiger partial charge in [0.05, 0.1) is 0 Å². The number of halogens is 2. The van der Waals surface area contributed by atoms with Crippen LogP contribution in [0, 0.1) is 5.41 Å². The van der Waals surface area contributed by atoms with E-state index in [0.29, 0.717) is 27.4 Å². The molecule has 30 heavy (non-hydrogen) atoms. The number of amides is 1. The number of aliphatic carboxylic acids is 1. The van der Waals surface area contributed by atoms with Gasteiger partial charge in [-0.3, -0.25) is 14.9 Å². The molecule has 1 aromatic heterocycles. The maximum absolute atomic E-state index is 13.7. The molecule has 4 atom stereocenters. The maximum Gasteiger partial charge on any atom is 0.321 e. The zero-order valence-electron chi connectivity index (χ0n) is 16.9. The largest absolute Gasteiger partial charge is 0.480 e. The average Bonchev–Trinajstić information content (AvgIpc) is 3.10. The van der Waals surface area contributed by atoms with Crippen molar-refractivity contribution >= 4 is 45.1 Å². The van der Waals surface area contributed by atoms with E-state index in [2.05, 4.69) is 52.3 Å². The molecule has 0 radical (unpaired) electrons. The minimum atomic E-state index is -1.12. The molecular formula is C22H23BrClN3O3. The molecule has 1 fully saturated rings. The number of hydrogen-bond donors (Lipinski definition) is 3. The summed E-state index contributed by atoms with van der Waals surface area (Å²) in [4.78, 5) is 30.6. The third-order valence-corrected chi connectivity index (χ3v) is 6.62. The lowest BCUT2D eigenvalue weighted by atomic mass is 9.63. The Balaban J connectivity index is 2.00. The Morgan fingerprint density at radius 2 is 2.03 bits per heavy atom. The number of hydrogen-bond acceptors (Lipinski definition) is 4. The minimum absolute atomic E-state index is 0.136. The molecule has 158 valence electrons. The van der Waals surface area contributed by atoms with Gasteiger partial charge in [0.1, 0.15) is 16.1 Å². The molecule has 3 N–H and O–H groups in total. The third kappa shape index (κ3) is 3.33. The third-order valence-electron chi connectivity index (χ3n) is 5.94. The molecular weight excluding hydrogens is 470 g/mol. The van der Waals surface area contributed by atoms with E-state index in [9.17, 15) is 14.7 Å². The number of nitrogens with one attached hydrogen (secondary N) is 2. The molecule has 0 saturated carbocycles. The normalized spacial score (nSPS) is 27.9. The van der Waals surface area contributed by atoms with Crippen LogP contribution in [-0.4, -0.2) is 34.1 Å². The van der Waals surface area contributed by atoms with Crippen LogP contribution in [0.5, 0.6) is 0 Å². The van der Waals surface area contributed by atoms with Crippen LogP contribution in [0.4, 0.5) is 5.69 Å². The minimum Gasteiger partial charge on any atom is -0.480 e. The summed E-state index contributed by atoms with van der Waals surface area (Å²) >= 11 is 9.57. The van der Waals surface area contributed by atoms with Crippen molar-refractivity contribution in [1.29, 1.82) is 0 Å². The smallest absolute Gasteiger partial charge is 0.321 e. The number of rotatable bonds is 3. The standard InChI is InChI=1S/C22H23BrClN3O3/c1-21(2,3)10-15-22(12-8-7-11(24)9-14(12)26-20(22)30)17(18(27-15)19(28)29)13-5-4-6-16(23)25-13/h4-9,15,17-18,27H,10H2,1-3H3,(H,26,30)(H,28,29). The van der Waals surface area contributed by atoms with Gasteiger partial charge in [0.2, 0.25) is 5.91 Å². The first kappa shape index (κ1) is 21.3. The fourth-order valence-electron chi connectivity index (χ4n) is 4.95. The van der Waals surface area contributed by atoms with E-state index >= 15 is 0 Å². The Hall–Kier alpha value is -1.96. The van der Waals surface area contributed by atoms with Crippen LogP contribution in [0.3, 0.4) is 0 Å². The Morgan fingerprint density at radius 3 is 2.67 bits per heavy atom. The second-order valence-electron chi connectivity index (χ2n) is 9.18. The second kappa shape index (κ2) is 7.32. The fourth-order valence-corrected chi connectivity index (χ4v) is 5.48. The topological polar surface area (TPSA) is 91.3 Å². The van der Waals surface area contributed by atoms with Crippen LogP contribution in [0.25, 0.3) is 0 Å². The van der Waals surface area contributed by atoms with E-state index in [-0.39, 0.29) is 11.3 Å². The van der Waals surface area contributed by atoms with Crippen molar-refractivity contribution in [2.45, 2.75) is 50.6 Å². The van der Waals surface area contributed by atoms with Gasteiger partial charge in [-0.05, 0) is 57.6 Å². The Bertz CT molecular complexity index is 1040. The molecule has 6 nitrogen and oxygen atoms in total. The molecule has 8 heteroatoms. The molecule has 4 unspecified atom stereocenters. The predicted octanol–water partition coefficient (Wildman–Crippen LogP) is 4.33. The molecule has 0 aliphatic carbocycles. The number of fused-ring (bicyclic) bond motifs is 2. The van der Waals surface area contributed by atoms with Crippen LogP contribution in [0.2, 0.25) is 5.02 Å². The molecule has 1 amide bonds. The Morgan fingerprint density at radius 1 is 1.30 bits per heavy atom. The predicted molar refractivity (Wildman–Crippen MR) is 119 cm³/mol. The summed E-state index contributed by atoms with van der Waals surface area (Å²) in [6.45, 7) is 6.25. The van der Waals surface area contributed by atoms with Crippen LogP contribution >= 0.6 is 27.5 Å². The Kier molecular flexibility index (Phi) is 5.19. The van der Waals surface area contributed by atoms with Gasteiger partial charge in [-0.15, -0.1) is 0 Å². The van der Waals surface area contributed by atoms with E-state index in [1.165, 1.54) is 0 Å². The molecule has 1 spiro atoms. The SMILES string of the molecule is CC(C)(C)CC1NC(C(=O)O)C(c2cccc(Br)n2)C12C(=O)Nc1cc(Cl)ccc12. The van der Waals surface area contributed by atoms with Crippen LogP contribution in [-0.2, 0) is 15.0 Å². The molecule has 2 aliphatic heterocycles.